The van der Waals surface area contributed by atoms with Crippen molar-refractivity contribution in [1.29, 1.82) is 0 Å². The molecule has 17 heavy (non-hydrogen) atoms. The van der Waals surface area contributed by atoms with Crippen LogP contribution in [0, 0.1) is 5.92 Å². The van der Waals surface area contributed by atoms with Gasteiger partial charge in [0.25, 0.3) is 0 Å². The van der Waals surface area contributed by atoms with Crippen LogP contribution in [-0.4, -0.2) is 37.1 Å². The van der Waals surface area contributed by atoms with Crippen molar-refractivity contribution in [2.45, 2.75) is 43.8 Å². The number of rotatable bonds is 2. The van der Waals surface area contributed by atoms with Gasteiger partial charge < -0.3 is 16.0 Å². The quantitative estimate of drug-likeness (QED) is 0.689. The van der Waals surface area contributed by atoms with Crippen molar-refractivity contribution in [2.24, 2.45) is 5.92 Å². The van der Waals surface area contributed by atoms with E-state index < -0.39 is 0 Å². The van der Waals surface area contributed by atoms with Crippen LogP contribution >= 0.6 is 24.8 Å². The maximum absolute atomic E-state index is 11.8. The molecule has 0 saturated carbocycles. The fourth-order valence-corrected chi connectivity index (χ4v) is 2.97. The van der Waals surface area contributed by atoms with Crippen LogP contribution in [0.2, 0.25) is 0 Å². The lowest BCUT2D eigenvalue weighted by atomic mass is 9.97. The Hall–Kier alpha value is -0.0300. The fourth-order valence-electron chi connectivity index (χ4n) is 2.97. The van der Waals surface area contributed by atoms with E-state index in [2.05, 4.69) is 16.0 Å². The number of halogens is 2. The van der Waals surface area contributed by atoms with Gasteiger partial charge in [-0.05, 0) is 25.7 Å². The second-order valence-corrected chi connectivity index (χ2v) is 5.17. The molecule has 0 radical (unpaired) electrons. The Morgan fingerprint density at radius 1 is 1.06 bits per heavy atom. The lowest BCUT2D eigenvalue weighted by Gasteiger charge is -2.33. The summed E-state index contributed by atoms with van der Waals surface area (Å²) >= 11 is 0. The van der Waals surface area contributed by atoms with E-state index in [1.54, 1.807) is 0 Å². The summed E-state index contributed by atoms with van der Waals surface area (Å²) in [5, 5.41) is 9.93. The number of carbonyl (C=O) groups is 1. The van der Waals surface area contributed by atoms with Gasteiger partial charge in [0, 0.05) is 31.2 Å². The molecule has 3 saturated heterocycles. The van der Waals surface area contributed by atoms with Gasteiger partial charge in [-0.3, -0.25) is 4.79 Å². The number of hydrogen-bond acceptors (Lipinski definition) is 3. The molecular weight excluding hydrogens is 261 g/mol. The van der Waals surface area contributed by atoms with Crippen LogP contribution in [0.15, 0.2) is 0 Å². The molecule has 3 rings (SSSR count). The number of fused-ring (bicyclic) bond motifs is 2. The zero-order valence-corrected chi connectivity index (χ0v) is 11.4. The molecule has 6 heteroatoms. The third-order valence-corrected chi connectivity index (χ3v) is 3.97. The van der Waals surface area contributed by atoms with Gasteiger partial charge in [0.15, 0.2) is 0 Å². The summed E-state index contributed by atoms with van der Waals surface area (Å²) in [5.41, 5.74) is 0. The van der Waals surface area contributed by atoms with E-state index in [0.29, 0.717) is 18.1 Å². The van der Waals surface area contributed by atoms with E-state index in [9.17, 15) is 4.79 Å². The third-order valence-electron chi connectivity index (χ3n) is 3.97. The second kappa shape index (κ2) is 6.23. The molecule has 0 aromatic rings. The minimum absolute atomic E-state index is 0. The molecule has 1 amide bonds. The summed E-state index contributed by atoms with van der Waals surface area (Å²) in [6.07, 6.45) is 4.84. The highest BCUT2D eigenvalue weighted by atomic mass is 35.5. The third kappa shape index (κ3) is 3.25. The van der Waals surface area contributed by atoms with E-state index in [-0.39, 0.29) is 36.6 Å². The lowest BCUT2D eigenvalue weighted by Crippen LogP contribution is -2.55. The summed E-state index contributed by atoms with van der Waals surface area (Å²) in [4.78, 5) is 11.8. The van der Waals surface area contributed by atoms with E-state index in [1.807, 2.05) is 0 Å². The molecule has 3 aliphatic rings. The Bertz CT molecular complexity index is 261. The van der Waals surface area contributed by atoms with Gasteiger partial charge in [-0.1, -0.05) is 0 Å². The normalized spacial score (nSPS) is 35.2. The van der Waals surface area contributed by atoms with Crippen molar-refractivity contribution in [2.75, 3.05) is 13.1 Å². The molecule has 3 N–H and O–H groups in total. The van der Waals surface area contributed by atoms with Gasteiger partial charge in [0.1, 0.15) is 0 Å². The smallest absolute Gasteiger partial charge is 0.225 e. The molecule has 0 aromatic heterocycles. The minimum Gasteiger partial charge on any atom is -0.353 e. The van der Waals surface area contributed by atoms with E-state index in [0.717, 1.165) is 25.9 Å². The van der Waals surface area contributed by atoms with Crippen LogP contribution in [0.5, 0.6) is 0 Å². The maximum Gasteiger partial charge on any atom is 0.225 e. The Labute approximate surface area is 114 Å². The van der Waals surface area contributed by atoms with Gasteiger partial charge >= 0.3 is 0 Å². The van der Waals surface area contributed by atoms with Crippen molar-refractivity contribution in [3.8, 4) is 0 Å². The van der Waals surface area contributed by atoms with E-state index in [4.69, 9.17) is 0 Å². The molecular formula is C11H21Cl2N3O. The number of carbonyl (C=O) groups excluding carboxylic acids is 1. The van der Waals surface area contributed by atoms with Crippen molar-refractivity contribution in [3.63, 3.8) is 0 Å². The number of hydrogen-bond donors (Lipinski definition) is 3. The number of amides is 1. The molecule has 2 bridgehead atoms. The summed E-state index contributed by atoms with van der Waals surface area (Å²) < 4.78 is 0. The van der Waals surface area contributed by atoms with Crippen molar-refractivity contribution >= 4 is 30.7 Å². The van der Waals surface area contributed by atoms with Gasteiger partial charge in [-0.15, -0.1) is 24.8 Å². The van der Waals surface area contributed by atoms with Gasteiger partial charge in [0.2, 0.25) is 5.91 Å². The van der Waals surface area contributed by atoms with Crippen LogP contribution in [0.3, 0.4) is 0 Å². The fraction of sp³-hybridized carbons (Fsp3) is 0.909. The van der Waals surface area contributed by atoms with E-state index >= 15 is 0 Å². The minimum atomic E-state index is 0. The lowest BCUT2D eigenvalue weighted by molar-refractivity contribution is -0.127. The standard InChI is InChI=1S/C11H19N3O.2ClH/c15-11(7-5-12-6-7)14-10-3-8-1-2-9(4-10)13-8;;/h7-10,12-13H,1-6H2,(H,14,15);2*1H. The SMILES string of the molecule is Cl.Cl.O=C(NC1CC2CCC(C1)N2)C1CNC1. The molecule has 0 aliphatic carbocycles. The van der Waals surface area contributed by atoms with Crippen molar-refractivity contribution in [1.82, 2.24) is 16.0 Å². The van der Waals surface area contributed by atoms with Crippen molar-refractivity contribution < 1.29 is 4.79 Å². The summed E-state index contributed by atoms with van der Waals surface area (Å²) in [5.74, 6) is 0.498. The Balaban J connectivity index is 0.000000722. The first-order valence-electron chi connectivity index (χ1n) is 6.08. The molecule has 3 aliphatic heterocycles. The highest BCUT2D eigenvalue weighted by Gasteiger charge is 2.35. The largest absolute Gasteiger partial charge is 0.353 e. The average Bonchev–Trinajstić information content (AvgIpc) is 2.42. The summed E-state index contributed by atoms with van der Waals surface area (Å²) in [7, 11) is 0. The van der Waals surface area contributed by atoms with Gasteiger partial charge in [-0.2, -0.15) is 0 Å². The van der Waals surface area contributed by atoms with Crippen LogP contribution in [0.4, 0.5) is 0 Å². The first-order chi connectivity index (χ1) is 7.31. The highest BCUT2D eigenvalue weighted by molar-refractivity contribution is 5.85. The maximum atomic E-state index is 11.8. The van der Waals surface area contributed by atoms with Crippen molar-refractivity contribution in [3.05, 3.63) is 0 Å². The number of piperidine rings is 1. The molecule has 2 unspecified atom stereocenters. The molecule has 0 spiro atoms. The Kier molecular flexibility index (Phi) is 5.51. The average molecular weight is 282 g/mol. The molecule has 2 atom stereocenters. The molecule has 3 fully saturated rings. The molecule has 100 valence electrons. The van der Waals surface area contributed by atoms with Gasteiger partial charge in [0.05, 0.1) is 5.92 Å². The second-order valence-electron chi connectivity index (χ2n) is 5.17. The van der Waals surface area contributed by atoms with Gasteiger partial charge in [-0.25, -0.2) is 0 Å². The first-order valence-corrected chi connectivity index (χ1v) is 6.08. The molecule has 3 heterocycles. The zero-order valence-electron chi connectivity index (χ0n) is 9.78. The summed E-state index contributed by atoms with van der Waals surface area (Å²) in [6.45, 7) is 1.73. The first kappa shape index (κ1) is 15.0. The molecule has 0 aromatic carbocycles. The monoisotopic (exact) mass is 281 g/mol. The Morgan fingerprint density at radius 2 is 1.65 bits per heavy atom. The van der Waals surface area contributed by atoms with Crippen LogP contribution in [0.1, 0.15) is 25.7 Å². The van der Waals surface area contributed by atoms with Crippen LogP contribution in [0.25, 0.3) is 0 Å². The Morgan fingerprint density at radius 3 is 2.12 bits per heavy atom. The highest BCUT2D eigenvalue weighted by Crippen LogP contribution is 2.26. The predicted molar refractivity (Wildman–Crippen MR) is 72.0 cm³/mol. The predicted octanol–water partition coefficient (Wildman–Crippen LogP) is 0.449. The number of nitrogens with one attached hydrogen (secondary N) is 3. The van der Waals surface area contributed by atoms with Crippen LogP contribution in [-0.2, 0) is 4.79 Å². The van der Waals surface area contributed by atoms with E-state index in [1.165, 1.54) is 12.8 Å². The zero-order chi connectivity index (χ0) is 10.3. The van der Waals surface area contributed by atoms with Crippen LogP contribution < -0.4 is 16.0 Å². The topological polar surface area (TPSA) is 53.2 Å². The molecule has 4 nitrogen and oxygen atoms in total. The summed E-state index contributed by atoms with van der Waals surface area (Å²) in [6, 6.07) is 1.75.